The third-order valence-electron chi connectivity index (χ3n) is 2.45. The Hall–Kier alpha value is -1.03. The second kappa shape index (κ2) is 7.28. The maximum atomic E-state index is 5.43. The third kappa shape index (κ3) is 4.23. The summed E-state index contributed by atoms with van der Waals surface area (Å²) in [6.45, 7) is 7.15. The summed E-state index contributed by atoms with van der Waals surface area (Å²) in [4.78, 5) is 6.49. The number of nitrogens with one attached hydrogen (secondary N) is 1. The van der Waals surface area contributed by atoms with Crippen LogP contribution in [0.5, 0.6) is 0 Å². The van der Waals surface area contributed by atoms with Gasteiger partial charge in [-0.3, -0.25) is 0 Å². The Balaban J connectivity index is 2.37. The summed E-state index contributed by atoms with van der Waals surface area (Å²) in [5.41, 5.74) is 0.979. The molecule has 16 heavy (non-hydrogen) atoms. The van der Waals surface area contributed by atoms with E-state index in [-0.39, 0.29) is 0 Å². The monoisotopic (exact) mass is 225 g/mol. The van der Waals surface area contributed by atoms with Gasteiger partial charge in [0, 0.05) is 20.1 Å². The Bertz CT molecular complexity index is 286. The van der Waals surface area contributed by atoms with Crippen molar-refractivity contribution in [2.45, 2.75) is 39.7 Å². The van der Waals surface area contributed by atoms with Crippen LogP contribution in [0.25, 0.3) is 0 Å². The molecule has 4 nitrogen and oxygen atoms in total. The lowest BCUT2D eigenvalue weighted by Crippen LogP contribution is -2.19. The van der Waals surface area contributed by atoms with Crippen molar-refractivity contribution in [3.8, 4) is 0 Å². The number of oxazole rings is 1. The first-order valence-corrected chi connectivity index (χ1v) is 6.14. The fourth-order valence-corrected chi connectivity index (χ4v) is 1.44. The molecule has 0 aliphatic carbocycles. The molecule has 0 fully saturated rings. The van der Waals surface area contributed by atoms with Gasteiger partial charge in [0.1, 0.15) is 6.26 Å². The van der Waals surface area contributed by atoms with Gasteiger partial charge in [-0.1, -0.05) is 20.3 Å². The van der Waals surface area contributed by atoms with Crippen molar-refractivity contribution in [2.24, 2.45) is 0 Å². The van der Waals surface area contributed by atoms with Crippen molar-refractivity contribution in [2.75, 3.05) is 25.0 Å². The molecule has 0 unspecified atom stereocenters. The number of anilines is 1. The molecular weight excluding hydrogens is 202 g/mol. The predicted octanol–water partition coefficient (Wildman–Crippen LogP) is 2.41. The van der Waals surface area contributed by atoms with E-state index < -0.39 is 0 Å². The summed E-state index contributed by atoms with van der Waals surface area (Å²) < 4.78 is 5.43. The van der Waals surface area contributed by atoms with Gasteiger partial charge in [0.25, 0.3) is 6.01 Å². The van der Waals surface area contributed by atoms with E-state index >= 15 is 0 Å². The van der Waals surface area contributed by atoms with Crippen LogP contribution in [0.1, 0.15) is 38.8 Å². The molecule has 1 heterocycles. The number of hydrogen-bond donors (Lipinski definition) is 1. The van der Waals surface area contributed by atoms with Crippen LogP contribution in [-0.2, 0) is 6.54 Å². The van der Waals surface area contributed by atoms with Gasteiger partial charge in [-0.15, -0.1) is 0 Å². The molecule has 4 heteroatoms. The van der Waals surface area contributed by atoms with Crippen LogP contribution in [-0.4, -0.2) is 25.1 Å². The lowest BCUT2D eigenvalue weighted by molar-refractivity contribution is 0.539. The molecule has 0 aliphatic heterocycles. The number of aromatic nitrogens is 1. The number of rotatable bonds is 8. The standard InChI is InChI=1S/C12H23N3O/c1-4-6-8-15(3)12-14-11(10-16-12)9-13-7-5-2/h10,13H,4-9H2,1-3H3. The zero-order valence-corrected chi connectivity index (χ0v) is 10.6. The van der Waals surface area contributed by atoms with Crippen LogP contribution in [0.2, 0.25) is 0 Å². The second-order valence-corrected chi connectivity index (χ2v) is 4.07. The minimum Gasteiger partial charge on any atom is -0.432 e. The summed E-state index contributed by atoms with van der Waals surface area (Å²) in [7, 11) is 2.02. The van der Waals surface area contributed by atoms with Crippen molar-refractivity contribution in [1.29, 1.82) is 0 Å². The summed E-state index contributed by atoms with van der Waals surface area (Å²) in [6, 6.07) is 0.724. The van der Waals surface area contributed by atoms with E-state index in [1.165, 1.54) is 12.8 Å². The Morgan fingerprint density at radius 3 is 2.88 bits per heavy atom. The molecule has 0 aromatic carbocycles. The van der Waals surface area contributed by atoms with Crippen LogP contribution < -0.4 is 10.2 Å². The first-order chi connectivity index (χ1) is 7.77. The predicted molar refractivity (Wildman–Crippen MR) is 66.7 cm³/mol. The van der Waals surface area contributed by atoms with E-state index in [1.54, 1.807) is 6.26 Å². The SMILES string of the molecule is CCCCN(C)c1nc(CNCCC)co1. The van der Waals surface area contributed by atoms with E-state index in [9.17, 15) is 0 Å². The lowest BCUT2D eigenvalue weighted by atomic mass is 10.3. The van der Waals surface area contributed by atoms with Gasteiger partial charge in [0.15, 0.2) is 0 Å². The summed E-state index contributed by atoms with van der Waals surface area (Å²) in [5.74, 6) is 0. The summed E-state index contributed by atoms with van der Waals surface area (Å²) in [6.07, 6.45) is 5.24. The highest BCUT2D eigenvalue weighted by Gasteiger charge is 2.07. The molecule has 0 saturated carbocycles. The zero-order valence-electron chi connectivity index (χ0n) is 10.6. The smallest absolute Gasteiger partial charge is 0.297 e. The van der Waals surface area contributed by atoms with Gasteiger partial charge < -0.3 is 14.6 Å². The highest BCUT2D eigenvalue weighted by atomic mass is 16.4. The first-order valence-electron chi connectivity index (χ1n) is 6.14. The molecule has 0 amide bonds. The first kappa shape index (κ1) is 13.0. The molecule has 1 rings (SSSR count). The molecule has 92 valence electrons. The van der Waals surface area contributed by atoms with Crippen molar-refractivity contribution < 1.29 is 4.42 Å². The Morgan fingerprint density at radius 1 is 1.38 bits per heavy atom. The van der Waals surface area contributed by atoms with E-state index in [2.05, 4.69) is 29.0 Å². The third-order valence-corrected chi connectivity index (χ3v) is 2.45. The van der Waals surface area contributed by atoms with Crippen LogP contribution in [0.15, 0.2) is 10.7 Å². The molecule has 1 aromatic rings. The van der Waals surface area contributed by atoms with E-state index in [0.717, 1.165) is 37.8 Å². The lowest BCUT2D eigenvalue weighted by Gasteiger charge is -2.12. The van der Waals surface area contributed by atoms with E-state index in [0.29, 0.717) is 0 Å². The average Bonchev–Trinajstić information content (AvgIpc) is 2.75. The topological polar surface area (TPSA) is 41.3 Å². The van der Waals surface area contributed by atoms with Crippen LogP contribution in [0.4, 0.5) is 6.01 Å². The second-order valence-electron chi connectivity index (χ2n) is 4.07. The maximum Gasteiger partial charge on any atom is 0.297 e. The largest absolute Gasteiger partial charge is 0.432 e. The minimum absolute atomic E-state index is 0.724. The normalized spacial score (nSPS) is 10.7. The molecule has 0 bridgehead atoms. The maximum absolute atomic E-state index is 5.43. The van der Waals surface area contributed by atoms with Gasteiger partial charge >= 0.3 is 0 Å². The molecule has 0 radical (unpaired) electrons. The Morgan fingerprint density at radius 2 is 2.19 bits per heavy atom. The highest BCUT2D eigenvalue weighted by Crippen LogP contribution is 2.12. The van der Waals surface area contributed by atoms with Gasteiger partial charge in [0.05, 0.1) is 5.69 Å². The Kier molecular flexibility index (Phi) is 5.93. The summed E-state index contributed by atoms with van der Waals surface area (Å²) in [5, 5.41) is 3.31. The van der Waals surface area contributed by atoms with Crippen LogP contribution in [0.3, 0.4) is 0 Å². The molecule has 0 saturated heterocycles. The van der Waals surface area contributed by atoms with Crippen LogP contribution in [0, 0.1) is 0 Å². The van der Waals surface area contributed by atoms with Gasteiger partial charge in [-0.25, -0.2) is 0 Å². The van der Waals surface area contributed by atoms with E-state index in [4.69, 9.17) is 4.42 Å². The van der Waals surface area contributed by atoms with Gasteiger partial charge in [-0.2, -0.15) is 4.98 Å². The van der Waals surface area contributed by atoms with Gasteiger partial charge in [-0.05, 0) is 19.4 Å². The van der Waals surface area contributed by atoms with Gasteiger partial charge in [0.2, 0.25) is 0 Å². The highest BCUT2D eigenvalue weighted by molar-refractivity contribution is 5.24. The minimum atomic E-state index is 0.724. The van der Waals surface area contributed by atoms with E-state index in [1.807, 2.05) is 7.05 Å². The van der Waals surface area contributed by atoms with Crippen LogP contribution >= 0.6 is 0 Å². The average molecular weight is 225 g/mol. The van der Waals surface area contributed by atoms with Crippen molar-refractivity contribution in [3.63, 3.8) is 0 Å². The van der Waals surface area contributed by atoms with Crippen molar-refractivity contribution >= 4 is 6.01 Å². The number of unbranched alkanes of at least 4 members (excludes halogenated alkanes) is 1. The number of hydrogen-bond acceptors (Lipinski definition) is 4. The Labute approximate surface area is 98.0 Å². The molecule has 1 aromatic heterocycles. The zero-order chi connectivity index (χ0) is 11.8. The molecule has 0 atom stereocenters. The molecular formula is C12H23N3O. The van der Waals surface area contributed by atoms with Crippen molar-refractivity contribution in [1.82, 2.24) is 10.3 Å². The molecule has 1 N–H and O–H groups in total. The molecule has 0 spiro atoms. The number of nitrogens with zero attached hydrogens (tertiary/aromatic N) is 2. The summed E-state index contributed by atoms with van der Waals surface area (Å²) >= 11 is 0. The molecule has 0 aliphatic rings. The fraction of sp³-hybridized carbons (Fsp3) is 0.750. The van der Waals surface area contributed by atoms with Crippen molar-refractivity contribution in [3.05, 3.63) is 12.0 Å². The quantitative estimate of drug-likeness (QED) is 0.690. The fourth-order valence-electron chi connectivity index (χ4n) is 1.44.